The van der Waals surface area contributed by atoms with Crippen molar-refractivity contribution in [3.8, 4) is 5.88 Å². The second kappa shape index (κ2) is 7.87. The summed E-state index contributed by atoms with van der Waals surface area (Å²) in [6, 6.07) is 16.6. The van der Waals surface area contributed by atoms with Crippen LogP contribution in [0.25, 0.3) is 0 Å². The van der Waals surface area contributed by atoms with Gasteiger partial charge in [-0.2, -0.15) is 0 Å². The Bertz CT molecular complexity index is 838. The molecule has 0 spiro atoms. The van der Waals surface area contributed by atoms with Crippen molar-refractivity contribution in [1.29, 1.82) is 0 Å². The zero-order chi connectivity index (χ0) is 17.5. The minimum atomic E-state index is -0.476. The quantitative estimate of drug-likeness (QED) is 0.524. The largest absolute Gasteiger partial charge is 0.473 e. The minimum absolute atomic E-state index is 0.0361. The Hall–Kier alpha value is -3.48. The summed E-state index contributed by atoms with van der Waals surface area (Å²) in [5.74, 6) is 1.11. The van der Waals surface area contributed by atoms with E-state index in [2.05, 4.69) is 15.3 Å². The van der Waals surface area contributed by atoms with Gasteiger partial charge in [0.15, 0.2) is 0 Å². The van der Waals surface area contributed by atoms with E-state index in [0.29, 0.717) is 24.8 Å². The van der Waals surface area contributed by atoms with Gasteiger partial charge in [0.2, 0.25) is 5.88 Å². The van der Waals surface area contributed by atoms with Crippen molar-refractivity contribution < 1.29 is 9.66 Å². The molecule has 25 heavy (non-hydrogen) atoms. The zero-order valence-electron chi connectivity index (χ0n) is 13.3. The second-order valence-corrected chi connectivity index (χ2v) is 5.29. The van der Waals surface area contributed by atoms with Gasteiger partial charge in [0, 0.05) is 24.9 Å². The summed E-state index contributed by atoms with van der Waals surface area (Å²) in [4.78, 5) is 18.4. The number of nitrogens with one attached hydrogen (secondary N) is 1. The van der Waals surface area contributed by atoms with E-state index in [1.807, 2.05) is 42.5 Å². The fraction of sp³-hybridized carbons (Fsp3) is 0.111. The van der Waals surface area contributed by atoms with Crippen LogP contribution in [0.3, 0.4) is 0 Å². The molecule has 7 heteroatoms. The van der Waals surface area contributed by atoms with Gasteiger partial charge in [-0.05, 0) is 23.3 Å². The summed E-state index contributed by atoms with van der Waals surface area (Å²) >= 11 is 0. The molecule has 126 valence electrons. The number of nitrogens with zero attached hydrogens (tertiary/aromatic N) is 3. The van der Waals surface area contributed by atoms with Crippen LogP contribution >= 0.6 is 0 Å². The first kappa shape index (κ1) is 16.4. The fourth-order valence-electron chi connectivity index (χ4n) is 2.16. The van der Waals surface area contributed by atoms with Crippen molar-refractivity contribution in [2.45, 2.75) is 13.2 Å². The monoisotopic (exact) mass is 336 g/mol. The van der Waals surface area contributed by atoms with Crippen LogP contribution in [0.1, 0.15) is 11.1 Å². The molecule has 0 unspecified atom stereocenters. The Balaban J connectivity index is 1.57. The number of ether oxygens (including phenoxy) is 1. The molecule has 0 radical (unpaired) electrons. The highest BCUT2D eigenvalue weighted by molar-refractivity contribution is 5.41. The highest BCUT2D eigenvalue weighted by Gasteiger charge is 2.05. The smallest absolute Gasteiger partial charge is 0.287 e. The van der Waals surface area contributed by atoms with Crippen LogP contribution in [0.5, 0.6) is 5.88 Å². The molecule has 0 atom stereocenters. The Morgan fingerprint density at radius 1 is 1.04 bits per heavy atom. The lowest BCUT2D eigenvalue weighted by Gasteiger charge is -2.08. The highest BCUT2D eigenvalue weighted by atomic mass is 16.6. The molecule has 2 aromatic heterocycles. The van der Waals surface area contributed by atoms with Crippen LogP contribution in [0.15, 0.2) is 67.0 Å². The molecule has 7 nitrogen and oxygen atoms in total. The van der Waals surface area contributed by atoms with E-state index in [0.717, 1.165) is 11.1 Å². The number of rotatable bonds is 7. The molecule has 0 fully saturated rings. The number of aromatic nitrogens is 2. The maximum atomic E-state index is 10.6. The van der Waals surface area contributed by atoms with Gasteiger partial charge in [0.05, 0.1) is 4.92 Å². The van der Waals surface area contributed by atoms with Gasteiger partial charge in [-0.3, -0.25) is 10.1 Å². The summed E-state index contributed by atoms with van der Waals surface area (Å²) in [7, 11) is 0. The van der Waals surface area contributed by atoms with Crippen molar-refractivity contribution in [3.63, 3.8) is 0 Å². The van der Waals surface area contributed by atoms with Crippen molar-refractivity contribution in [2.75, 3.05) is 5.32 Å². The molecule has 0 aliphatic heterocycles. The third kappa shape index (κ3) is 4.74. The molecular formula is C18H16N4O3. The van der Waals surface area contributed by atoms with E-state index in [-0.39, 0.29) is 5.69 Å². The molecule has 1 aromatic carbocycles. The van der Waals surface area contributed by atoms with Crippen LogP contribution in [0.2, 0.25) is 0 Å². The standard InChI is InChI=1S/C18H16N4O3/c23-22(24)16-6-7-17(21-12-16)20-11-15-8-9-19-18(10-15)25-13-14-4-2-1-3-5-14/h1-10,12H,11,13H2,(H,20,21). The van der Waals surface area contributed by atoms with Crippen molar-refractivity contribution in [1.82, 2.24) is 9.97 Å². The topological polar surface area (TPSA) is 90.2 Å². The van der Waals surface area contributed by atoms with Crippen LogP contribution in [0.4, 0.5) is 11.5 Å². The van der Waals surface area contributed by atoms with Crippen LogP contribution < -0.4 is 10.1 Å². The number of nitro groups is 1. The maximum Gasteiger partial charge on any atom is 0.287 e. The molecule has 0 amide bonds. The van der Waals surface area contributed by atoms with Crippen LogP contribution in [-0.2, 0) is 13.2 Å². The predicted octanol–water partition coefficient (Wildman–Crippen LogP) is 3.58. The van der Waals surface area contributed by atoms with Gasteiger partial charge < -0.3 is 10.1 Å². The van der Waals surface area contributed by atoms with Gasteiger partial charge in [-0.15, -0.1) is 0 Å². The van der Waals surface area contributed by atoms with E-state index in [1.165, 1.54) is 12.3 Å². The molecule has 0 saturated carbocycles. The Morgan fingerprint density at radius 3 is 2.60 bits per heavy atom. The van der Waals surface area contributed by atoms with Crippen LogP contribution in [-0.4, -0.2) is 14.9 Å². The lowest BCUT2D eigenvalue weighted by atomic mass is 10.2. The number of pyridine rings is 2. The molecule has 0 aliphatic rings. The number of hydrogen-bond acceptors (Lipinski definition) is 6. The highest BCUT2D eigenvalue weighted by Crippen LogP contribution is 2.15. The van der Waals surface area contributed by atoms with Gasteiger partial charge >= 0.3 is 0 Å². The fourth-order valence-corrected chi connectivity index (χ4v) is 2.16. The number of anilines is 1. The van der Waals surface area contributed by atoms with E-state index < -0.39 is 4.92 Å². The summed E-state index contributed by atoms with van der Waals surface area (Å²) in [5.41, 5.74) is 2.01. The average Bonchev–Trinajstić information content (AvgIpc) is 2.66. The molecule has 0 saturated heterocycles. The summed E-state index contributed by atoms with van der Waals surface area (Å²) in [5, 5.41) is 13.7. The molecule has 1 N–H and O–H groups in total. The number of benzene rings is 1. The second-order valence-electron chi connectivity index (χ2n) is 5.29. The first-order chi connectivity index (χ1) is 12.2. The maximum absolute atomic E-state index is 10.6. The Kier molecular flexibility index (Phi) is 5.16. The van der Waals surface area contributed by atoms with Gasteiger partial charge in [-0.25, -0.2) is 9.97 Å². The third-order valence-electron chi connectivity index (χ3n) is 3.46. The van der Waals surface area contributed by atoms with Crippen molar-refractivity contribution in [3.05, 3.63) is 88.2 Å². The summed E-state index contributed by atoms with van der Waals surface area (Å²) < 4.78 is 5.70. The zero-order valence-corrected chi connectivity index (χ0v) is 13.3. The minimum Gasteiger partial charge on any atom is -0.473 e. The summed E-state index contributed by atoms with van der Waals surface area (Å²) in [6.45, 7) is 0.962. The Morgan fingerprint density at radius 2 is 1.88 bits per heavy atom. The molecule has 2 heterocycles. The van der Waals surface area contributed by atoms with E-state index >= 15 is 0 Å². The van der Waals surface area contributed by atoms with Crippen molar-refractivity contribution >= 4 is 11.5 Å². The van der Waals surface area contributed by atoms with Gasteiger partial charge in [0.25, 0.3) is 5.69 Å². The Labute approximate surface area is 144 Å². The molecule has 3 rings (SSSR count). The SMILES string of the molecule is O=[N+]([O-])c1ccc(NCc2ccnc(OCc3ccccc3)c2)nc1. The molecular weight excluding hydrogens is 320 g/mol. The lowest BCUT2D eigenvalue weighted by molar-refractivity contribution is -0.385. The molecule has 3 aromatic rings. The molecule has 0 aliphatic carbocycles. The van der Waals surface area contributed by atoms with E-state index in [4.69, 9.17) is 4.74 Å². The first-order valence-electron chi connectivity index (χ1n) is 7.67. The van der Waals surface area contributed by atoms with E-state index in [1.54, 1.807) is 12.3 Å². The normalized spacial score (nSPS) is 10.2. The lowest BCUT2D eigenvalue weighted by Crippen LogP contribution is -2.03. The first-order valence-corrected chi connectivity index (χ1v) is 7.67. The van der Waals surface area contributed by atoms with E-state index in [9.17, 15) is 10.1 Å². The van der Waals surface area contributed by atoms with Gasteiger partial charge in [0.1, 0.15) is 18.6 Å². The third-order valence-corrected chi connectivity index (χ3v) is 3.46. The van der Waals surface area contributed by atoms with Gasteiger partial charge in [-0.1, -0.05) is 30.3 Å². The summed E-state index contributed by atoms with van der Waals surface area (Å²) in [6.07, 6.45) is 2.91. The predicted molar refractivity (Wildman–Crippen MR) is 93.2 cm³/mol. The average molecular weight is 336 g/mol. The van der Waals surface area contributed by atoms with Crippen molar-refractivity contribution in [2.24, 2.45) is 0 Å². The number of hydrogen-bond donors (Lipinski definition) is 1. The molecule has 0 bridgehead atoms. The van der Waals surface area contributed by atoms with Crippen LogP contribution in [0, 0.1) is 10.1 Å².